The van der Waals surface area contributed by atoms with Gasteiger partial charge in [-0.15, -0.1) is 0 Å². The predicted molar refractivity (Wildman–Crippen MR) is 93.3 cm³/mol. The summed E-state index contributed by atoms with van der Waals surface area (Å²) in [4.78, 5) is 22.1. The van der Waals surface area contributed by atoms with E-state index in [2.05, 4.69) is 14.8 Å². The van der Waals surface area contributed by atoms with Gasteiger partial charge in [0.2, 0.25) is 5.91 Å². The molecule has 3 aliphatic heterocycles. The SMILES string of the molecule is O=C1N(C2CCOCC2)CC[C@@]12CCCN(c1ccc(Cl)cn1)C2. The molecule has 1 aromatic rings. The molecule has 0 unspecified atom stereocenters. The Labute approximate surface area is 147 Å². The maximum atomic E-state index is 13.2. The first kappa shape index (κ1) is 16.2. The van der Waals surface area contributed by atoms with E-state index in [9.17, 15) is 4.79 Å². The minimum Gasteiger partial charge on any atom is -0.381 e. The smallest absolute Gasteiger partial charge is 0.230 e. The third-order valence-corrected chi connectivity index (χ3v) is 6.01. The highest BCUT2D eigenvalue weighted by Crippen LogP contribution is 2.42. The molecule has 0 bridgehead atoms. The van der Waals surface area contributed by atoms with E-state index < -0.39 is 0 Å². The first-order valence-corrected chi connectivity index (χ1v) is 9.31. The average molecular weight is 350 g/mol. The van der Waals surface area contributed by atoms with Crippen molar-refractivity contribution in [3.8, 4) is 0 Å². The first-order valence-electron chi connectivity index (χ1n) is 8.93. The van der Waals surface area contributed by atoms with Crippen molar-refractivity contribution in [2.45, 2.75) is 38.1 Å². The molecule has 0 aliphatic carbocycles. The molecule has 130 valence electrons. The molecule has 0 saturated carbocycles. The van der Waals surface area contributed by atoms with E-state index in [1.54, 1.807) is 6.20 Å². The van der Waals surface area contributed by atoms with Crippen molar-refractivity contribution in [2.75, 3.05) is 37.7 Å². The molecule has 3 aliphatic rings. The molecule has 3 saturated heterocycles. The van der Waals surface area contributed by atoms with Crippen molar-refractivity contribution >= 4 is 23.3 Å². The molecule has 3 fully saturated rings. The van der Waals surface area contributed by atoms with Gasteiger partial charge in [-0.2, -0.15) is 0 Å². The van der Waals surface area contributed by atoms with Gasteiger partial charge in [0.25, 0.3) is 0 Å². The van der Waals surface area contributed by atoms with Crippen molar-refractivity contribution in [1.29, 1.82) is 0 Å². The number of piperidine rings is 1. The number of carbonyl (C=O) groups is 1. The molecule has 1 aromatic heterocycles. The molecule has 6 heteroatoms. The van der Waals surface area contributed by atoms with E-state index >= 15 is 0 Å². The fraction of sp³-hybridized carbons (Fsp3) is 0.667. The highest BCUT2D eigenvalue weighted by Gasteiger charge is 2.50. The molecule has 5 nitrogen and oxygen atoms in total. The van der Waals surface area contributed by atoms with Crippen LogP contribution in [0.25, 0.3) is 0 Å². The number of hydrogen-bond donors (Lipinski definition) is 0. The van der Waals surface area contributed by atoms with Gasteiger partial charge in [0, 0.05) is 45.1 Å². The van der Waals surface area contributed by atoms with Gasteiger partial charge >= 0.3 is 0 Å². The number of ether oxygens (including phenoxy) is 1. The van der Waals surface area contributed by atoms with Crippen molar-refractivity contribution in [2.24, 2.45) is 5.41 Å². The number of amides is 1. The predicted octanol–water partition coefficient (Wildman–Crippen LogP) is 2.73. The summed E-state index contributed by atoms with van der Waals surface area (Å²) in [5.41, 5.74) is -0.224. The van der Waals surface area contributed by atoms with Crippen LogP contribution in [0.5, 0.6) is 0 Å². The van der Waals surface area contributed by atoms with E-state index in [-0.39, 0.29) is 5.41 Å². The molecule has 1 atom stereocenters. The number of aromatic nitrogens is 1. The molecule has 24 heavy (non-hydrogen) atoms. The van der Waals surface area contributed by atoms with Crippen LogP contribution in [-0.2, 0) is 9.53 Å². The van der Waals surface area contributed by atoms with Gasteiger partial charge in [-0.3, -0.25) is 4.79 Å². The van der Waals surface area contributed by atoms with Crippen molar-refractivity contribution in [1.82, 2.24) is 9.88 Å². The maximum absolute atomic E-state index is 13.2. The van der Waals surface area contributed by atoms with Gasteiger partial charge in [-0.05, 0) is 44.2 Å². The van der Waals surface area contributed by atoms with Crippen molar-refractivity contribution < 1.29 is 9.53 Å². The zero-order valence-corrected chi connectivity index (χ0v) is 14.7. The number of rotatable bonds is 2. The highest BCUT2D eigenvalue weighted by molar-refractivity contribution is 6.30. The van der Waals surface area contributed by atoms with Crippen molar-refractivity contribution in [3.05, 3.63) is 23.4 Å². The molecule has 1 spiro atoms. The summed E-state index contributed by atoms with van der Waals surface area (Å²) < 4.78 is 5.45. The second kappa shape index (κ2) is 6.52. The first-order chi connectivity index (χ1) is 11.7. The van der Waals surface area contributed by atoms with Gasteiger partial charge in [0.05, 0.1) is 10.4 Å². The second-order valence-corrected chi connectivity index (χ2v) is 7.67. The summed E-state index contributed by atoms with van der Waals surface area (Å²) in [5.74, 6) is 1.28. The molecule has 0 N–H and O–H groups in total. The molecule has 0 radical (unpaired) electrons. The Morgan fingerprint density at radius 3 is 2.79 bits per heavy atom. The minimum absolute atomic E-state index is 0.224. The van der Waals surface area contributed by atoms with E-state index in [1.807, 2.05) is 12.1 Å². The molecule has 1 amide bonds. The van der Waals surface area contributed by atoms with E-state index in [0.717, 1.165) is 70.8 Å². The van der Waals surface area contributed by atoms with Crippen LogP contribution in [0.3, 0.4) is 0 Å². The lowest BCUT2D eigenvalue weighted by molar-refractivity contribution is -0.139. The number of hydrogen-bond acceptors (Lipinski definition) is 4. The van der Waals surface area contributed by atoms with Gasteiger partial charge < -0.3 is 14.5 Å². The Bertz CT molecular complexity index is 603. The minimum atomic E-state index is -0.224. The lowest BCUT2D eigenvalue weighted by Gasteiger charge is -2.40. The zero-order chi connectivity index (χ0) is 16.6. The fourth-order valence-corrected chi connectivity index (χ4v) is 4.57. The third kappa shape index (κ3) is 2.88. The number of nitrogens with zero attached hydrogens (tertiary/aromatic N) is 3. The largest absolute Gasteiger partial charge is 0.381 e. The van der Waals surface area contributed by atoms with Crippen LogP contribution in [0.4, 0.5) is 5.82 Å². The normalized spacial score (nSPS) is 28.8. The molecule has 4 rings (SSSR count). The standard InChI is InChI=1S/C18H24ClN3O2/c19-14-2-3-16(20-12-14)21-8-1-6-18(13-21)7-9-22(17(18)23)15-4-10-24-11-5-15/h2-3,12,15H,1,4-11,13H2/t18-/m1/s1. The number of anilines is 1. The van der Waals surface area contributed by atoms with Crippen molar-refractivity contribution in [3.63, 3.8) is 0 Å². The molecular formula is C18H24ClN3O2. The Balaban J connectivity index is 1.50. The molecule has 0 aromatic carbocycles. The highest BCUT2D eigenvalue weighted by atomic mass is 35.5. The lowest BCUT2D eigenvalue weighted by Crippen LogP contribution is -2.50. The zero-order valence-electron chi connectivity index (χ0n) is 13.9. The van der Waals surface area contributed by atoms with Crippen LogP contribution in [0.15, 0.2) is 18.3 Å². The Kier molecular flexibility index (Phi) is 4.39. The summed E-state index contributed by atoms with van der Waals surface area (Å²) >= 11 is 5.95. The molecular weight excluding hydrogens is 326 g/mol. The summed E-state index contributed by atoms with van der Waals surface area (Å²) in [6.45, 7) is 4.19. The summed E-state index contributed by atoms with van der Waals surface area (Å²) in [5, 5.41) is 0.646. The number of likely N-dealkylation sites (tertiary alicyclic amines) is 1. The number of carbonyl (C=O) groups excluding carboxylic acids is 1. The van der Waals surface area contributed by atoms with Crippen LogP contribution < -0.4 is 4.90 Å². The van der Waals surface area contributed by atoms with Gasteiger partial charge in [-0.1, -0.05) is 11.6 Å². The third-order valence-electron chi connectivity index (χ3n) is 5.79. The Morgan fingerprint density at radius 2 is 2.04 bits per heavy atom. The summed E-state index contributed by atoms with van der Waals surface area (Å²) in [6, 6.07) is 4.20. The van der Waals surface area contributed by atoms with Crippen LogP contribution in [0.1, 0.15) is 32.1 Å². The van der Waals surface area contributed by atoms with Crippen LogP contribution >= 0.6 is 11.6 Å². The van der Waals surface area contributed by atoms with E-state index in [0.29, 0.717) is 17.0 Å². The van der Waals surface area contributed by atoms with Crippen LogP contribution in [0.2, 0.25) is 5.02 Å². The van der Waals surface area contributed by atoms with Crippen LogP contribution in [0, 0.1) is 5.41 Å². The van der Waals surface area contributed by atoms with Crippen LogP contribution in [-0.4, -0.2) is 54.7 Å². The van der Waals surface area contributed by atoms with E-state index in [1.165, 1.54) is 0 Å². The Hall–Kier alpha value is -1.33. The fourth-order valence-electron chi connectivity index (χ4n) is 4.45. The number of pyridine rings is 1. The Morgan fingerprint density at radius 1 is 1.21 bits per heavy atom. The molecule has 4 heterocycles. The van der Waals surface area contributed by atoms with Gasteiger partial charge in [-0.25, -0.2) is 4.98 Å². The average Bonchev–Trinajstić information content (AvgIpc) is 2.93. The summed E-state index contributed by atoms with van der Waals surface area (Å²) in [7, 11) is 0. The van der Waals surface area contributed by atoms with Gasteiger partial charge in [0.15, 0.2) is 0 Å². The summed E-state index contributed by atoms with van der Waals surface area (Å²) in [6.07, 6.45) is 6.64. The monoisotopic (exact) mass is 349 g/mol. The number of halogens is 1. The topological polar surface area (TPSA) is 45.7 Å². The quantitative estimate of drug-likeness (QED) is 0.823. The second-order valence-electron chi connectivity index (χ2n) is 7.23. The van der Waals surface area contributed by atoms with E-state index in [4.69, 9.17) is 16.3 Å². The lowest BCUT2D eigenvalue weighted by atomic mass is 9.78. The van der Waals surface area contributed by atoms with Gasteiger partial charge in [0.1, 0.15) is 5.82 Å². The maximum Gasteiger partial charge on any atom is 0.230 e.